The van der Waals surface area contributed by atoms with Crippen molar-refractivity contribution >= 4 is 5.91 Å². The molecule has 4 nitrogen and oxygen atoms in total. The van der Waals surface area contributed by atoms with Gasteiger partial charge in [0.15, 0.2) is 0 Å². The van der Waals surface area contributed by atoms with E-state index < -0.39 is 5.60 Å². The molecule has 0 aromatic heterocycles. The first-order valence-electron chi connectivity index (χ1n) is 5.26. The van der Waals surface area contributed by atoms with Gasteiger partial charge in [0.25, 0.3) is 0 Å². The Bertz CT molecular complexity index is 241. The number of nitrogens with two attached hydrogens (primary N) is 1. The first-order valence-corrected chi connectivity index (χ1v) is 5.26. The minimum absolute atomic E-state index is 0.0150. The van der Waals surface area contributed by atoms with Gasteiger partial charge in [0.1, 0.15) is 0 Å². The zero-order chi connectivity index (χ0) is 10.3. The minimum Gasteiger partial charge on any atom is -0.386 e. The number of carbonyl (C=O) groups excluding carboxylic acids is 1. The number of β-amino-alcohol motifs (C(OH)–C–C–N with tert-alkyl or cyclic N) is 1. The van der Waals surface area contributed by atoms with Crippen molar-refractivity contribution in [1.29, 1.82) is 0 Å². The summed E-state index contributed by atoms with van der Waals surface area (Å²) in [4.78, 5) is 13.4. The van der Waals surface area contributed by atoms with Crippen LogP contribution in [0.4, 0.5) is 0 Å². The molecule has 1 heterocycles. The predicted octanol–water partition coefficient (Wildman–Crippen LogP) is -0.293. The van der Waals surface area contributed by atoms with E-state index in [0.29, 0.717) is 19.0 Å². The Hall–Kier alpha value is -0.610. The second-order valence-electron chi connectivity index (χ2n) is 4.91. The molecule has 14 heavy (non-hydrogen) atoms. The second kappa shape index (κ2) is 3.21. The van der Waals surface area contributed by atoms with Gasteiger partial charge in [-0.1, -0.05) is 6.42 Å². The van der Waals surface area contributed by atoms with E-state index in [4.69, 9.17) is 5.73 Å². The Balaban J connectivity index is 1.84. The number of hydrogen-bond acceptors (Lipinski definition) is 3. The Morgan fingerprint density at radius 3 is 2.50 bits per heavy atom. The van der Waals surface area contributed by atoms with Crippen LogP contribution >= 0.6 is 0 Å². The lowest BCUT2D eigenvalue weighted by Gasteiger charge is -2.46. The smallest absolute Gasteiger partial charge is 0.239 e. The lowest BCUT2D eigenvalue weighted by Crippen LogP contribution is -2.65. The van der Waals surface area contributed by atoms with Gasteiger partial charge in [0.2, 0.25) is 5.91 Å². The lowest BCUT2D eigenvalue weighted by molar-refractivity contribution is -0.155. The number of rotatable bonds is 2. The summed E-state index contributed by atoms with van der Waals surface area (Å²) in [5.74, 6) is 0.397. The number of amides is 1. The number of nitrogens with zero attached hydrogens (tertiary/aromatic N) is 1. The van der Waals surface area contributed by atoms with Crippen LogP contribution in [0.5, 0.6) is 0 Å². The molecule has 1 unspecified atom stereocenters. The van der Waals surface area contributed by atoms with Gasteiger partial charge in [-0.3, -0.25) is 4.79 Å². The third kappa shape index (κ3) is 1.64. The fraction of sp³-hybridized carbons (Fsp3) is 0.900. The van der Waals surface area contributed by atoms with Crippen LogP contribution in [0, 0.1) is 5.92 Å². The van der Waals surface area contributed by atoms with E-state index in [1.807, 2.05) is 0 Å². The maximum Gasteiger partial charge on any atom is 0.239 e. The van der Waals surface area contributed by atoms with Crippen molar-refractivity contribution in [2.75, 3.05) is 13.1 Å². The van der Waals surface area contributed by atoms with E-state index in [0.717, 1.165) is 12.8 Å². The van der Waals surface area contributed by atoms with Crippen molar-refractivity contribution in [2.24, 2.45) is 11.7 Å². The molecular weight excluding hydrogens is 180 g/mol. The molecular formula is C10H18N2O2. The molecule has 0 spiro atoms. The van der Waals surface area contributed by atoms with Crippen LogP contribution in [-0.4, -0.2) is 40.6 Å². The van der Waals surface area contributed by atoms with Gasteiger partial charge in [-0.15, -0.1) is 0 Å². The zero-order valence-corrected chi connectivity index (χ0v) is 8.57. The largest absolute Gasteiger partial charge is 0.386 e. The van der Waals surface area contributed by atoms with Gasteiger partial charge in [-0.25, -0.2) is 0 Å². The first-order chi connectivity index (χ1) is 6.49. The molecule has 3 N–H and O–H groups in total. The normalized spacial score (nSPS) is 27.8. The topological polar surface area (TPSA) is 66.6 Å². The molecule has 0 bridgehead atoms. The first kappa shape index (κ1) is 9.93. The maximum atomic E-state index is 11.7. The van der Waals surface area contributed by atoms with Crippen molar-refractivity contribution in [3.05, 3.63) is 0 Å². The van der Waals surface area contributed by atoms with Crippen LogP contribution < -0.4 is 5.73 Å². The molecule has 80 valence electrons. The number of hydrogen-bond donors (Lipinski definition) is 2. The quantitative estimate of drug-likeness (QED) is 0.640. The fourth-order valence-electron chi connectivity index (χ4n) is 2.14. The molecule has 0 aromatic carbocycles. The molecule has 2 fully saturated rings. The summed E-state index contributed by atoms with van der Waals surface area (Å²) in [6.07, 6.45) is 3.36. The molecule has 0 radical (unpaired) electrons. The Kier molecular flexibility index (Phi) is 2.27. The second-order valence-corrected chi connectivity index (χ2v) is 4.91. The molecule has 2 aliphatic rings. The minimum atomic E-state index is -0.686. The van der Waals surface area contributed by atoms with E-state index in [1.165, 1.54) is 6.42 Å². The molecule has 2 rings (SSSR count). The monoisotopic (exact) mass is 198 g/mol. The number of carbonyl (C=O) groups is 1. The van der Waals surface area contributed by atoms with E-state index in [2.05, 4.69) is 0 Å². The highest BCUT2D eigenvalue weighted by Crippen LogP contribution is 2.31. The van der Waals surface area contributed by atoms with Crippen molar-refractivity contribution in [3.63, 3.8) is 0 Å². The van der Waals surface area contributed by atoms with Gasteiger partial charge in [0, 0.05) is 0 Å². The van der Waals surface area contributed by atoms with Crippen molar-refractivity contribution in [2.45, 2.75) is 37.8 Å². The Morgan fingerprint density at radius 1 is 1.57 bits per heavy atom. The summed E-state index contributed by atoms with van der Waals surface area (Å²) < 4.78 is 0. The molecule has 4 heteroatoms. The summed E-state index contributed by atoms with van der Waals surface area (Å²) in [7, 11) is 0. The van der Waals surface area contributed by atoms with E-state index >= 15 is 0 Å². The average Bonchev–Trinajstić information content (AvgIpc) is 1.95. The van der Waals surface area contributed by atoms with Crippen molar-refractivity contribution in [3.8, 4) is 0 Å². The SMILES string of the molecule is CC1(O)CN(C(=O)C(N)C2CCC2)C1. The zero-order valence-electron chi connectivity index (χ0n) is 8.57. The van der Waals surface area contributed by atoms with Crippen LogP contribution in [0.1, 0.15) is 26.2 Å². The van der Waals surface area contributed by atoms with Crippen LogP contribution in [-0.2, 0) is 4.79 Å². The standard InChI is InChI=1S/C10H18N2O2/c1-10(14)5-12(6-10)9(13)8(11)7-3-2-4-7/h7-8,14H,2-6,11H2,1H3. The summed E-state index contributed by atoms with van der Waals surface area (Å²) in [6, 6.07) is -0.333. The van der Waals surface area contributed by atoms with E-state index in [1.54, 1.807) is 11.8 Å². The summed E-state index contributed by atoms with van der Waals surface area (Å²) >= 11 is 0. The molecule has 1 saturated heterocycles. The van der Waals surface area contributed by atoms with Crippen LogP contribution in [0.15, 0.2) is 0 Å². The van der Waals surface area contributed by atoms with Gasteiger partial charge >= 0.3 is 0 Å². The molecule has 1 amide bonds. The van der Waals surface area contributed by atoms with Gasteiger partial charge in [-0.05, 0) is 25.7 Å². The summed E-state index contributed by atoms with van der Waals surface area (Å²) in [5, 5.41) is 9.49. The Morgan fingerprint density at radius 2 is 2.14 bits per heavy atom. The third-order valence-corrected chi connectivity index (χ3v) is 3.32. The van der Waals surface area contributed by atoms with Crippen LogP contribution in [0.25, 0.3) is 0 Å². The van der Waals surface area contributed by atoms with Gasteiger partial charge in [-0.2, -0.15) is 0 Å². The number of aliphatic hydroxyl groups is 1. The van der Waals surface area contributed by atoms with Crippen LogP contribution in [0.2, 0.25) is 0 Å². The average molecular weight is 198 g/mol. The molecule has 0 aromatic rings. The lowest BCUT2D eigenvalue weighted by atomic mass is 9.79. The maximum absolute atomic E-state index is 11.7. The Labute approximate surface area is 84.1 Å². The van der Waals surface area contributed by atoms with E-state index in [-0.39, 0.29) is 11.9 Å². The summed E-state index contributed by atoms with van der Waals surface area (Å²) in [5.41, 5.74) is 5.16. The molecule has 1 aliphatic heterocycles. The summed E-state index contributed by atoms with van der Waals surface area (Å²) in [6.45, 7) is 2.62. The van der Waals surface area contributed by atoms with E-state index in [9.17, 15) is 9.90 Å². The fourth-order valence-corrected chi connectivity index (χ4v) is 2.14. The van der Waals surface area contributed by atoms with Crippen molar-refractivity contribution in [1.82, 2.24) is 4.90 Å². The van der Waals surface area contributed by atoms with Gasteiger partial charge < -0.3 is 15.7 Å². The molecule has 1 saturated carbocycles. The highest BCUT2D eigenvalue weighted by atomic mass is 16.3. The molecule has 1 aliphatic carbocycles. The molecule has 1 atom stereocenters. The third-order valence-electron chi connectivity index (χ3n) is 3.32. The highest BCUT2D eigenvalue weighted by molar-refractivity contribution is 5.83. The van der Waals surface area contributed by atoms with Gasteiger partial charge in [0.05, 0.1) is 24.7 Å². The van der Waals surface area contributed by atoms with Crippen molar-refractivity contribution < 1.29 is 9.90 Å². The number of likely N-dealkylation sites (tertiary alicyclic amines) is 1. The predicted molar refractivity (Wildman–Crippen MR) is 52.5 cm³/mol. The highest BCUT2D eigenvalue weighted by Gasteiger charge is 2.42. The van der Waals surface area contributed by atoms with Crippen LogP contribution in [0.3, 0.4) is 0 Å².